The van der Waals surface area contributed by atoms with Crippen molar-refractivity contribution in [1.82, 2.24) is 30.0 Å². The van der Waals surface area contributed by atoms with Crippen molar-refractivity contribution in [1.29, 1.82) is 0 Å². The van der Waals surface area contributed by atoms with Gasteiger partial charge >= 0.3 is 0 Å². The molecule has 10 heteroatoms. The maximum Gasteiger partial charge on any atom is 0.253 e. The monoisotopic (exact) mass is 444 g/mol. The van der Waals surface area contributed by atoms with Crippen LogP contribution in [0.3, 0.4) is 0 Å². The Bertz CT molecular complexity index is 1300. The molecular weight excluding hydrogens is 420 g/mol. The van der Waals surface area contributed by atoms with Crippen molar-refractivity contribution in [2.24, 2.45) is 0 Å². The van der Waals surface area contributed by atoms with Crippen LogP contribution in [-0.4, -0.2) is 76.4 Å². The Morgan fingerprint density at radius 2 is 1.91 bits per heavy atom. The summed E-state index contributed by atoms with van der Waals surface area (Å²) in [7, 11) is 3.46. The summed E-state index contributed by atoms with van der Waals surface area (Å²) >= 11 is 0. The molecule has 0 atom stereocenters. The summed E-state index contributed by atoms with van der Waals surface area (Å²) in [4.78, 5) is 30.2. The van der Waals surface area contributed by atoms with Crippen molar-refractivity contribution in [3.8, 4) is 11.4 Å². The Morgan fingerprint density at radius 1 is 1.09 bits per heavy atom. The first-order valence-corrected chi connectivity index (χ1v) is 10.7. The Hall–Kier alpha value is -4.05. The summed E-state index contributed by atoms with van der Waals surface area (Å²) < 4.78 is 5.49. The van der Waals surface area contributed by atoms with Gasteiger partial charge in [-0.3, -0.25) is 9.89 Å². The van der Waals surface area contributed by atoms with E-state index in [4.69, 9.17) is 14.7 Å². The average Bonchev–Trinajstić information content (AvgIpc) is 3.33. The van der Waals surface area contributed by atoms with E-state index in [9.17, 15) is 4.79 Å². The number of amides is 1. The highest BCUT2D eigenvalue weighted by atomic mass is 16.5. The summed E-state index contributed by atoms with van der Waals surface area (Å²) in [6.07, 6.45) is 1.77. The molecule has 33 heavy (non-hydrogen) atoms. The zero-order valence-corrected chi connectivity index (χ0v) is 18.4. The number of nitrogens with one attached hydrogen (secondary N) is 2. The minimum absolute atomic E-state index is 0.0735. The van der Waals surface area contributed by atoms with Crippen LogP contribution < -0.4 is 10.2 Å². The van der Waals surface area contributed by atoms with Crippen LogP contribution in [0.1, 0.15) is 10.4 Å². The van der Waals surface area contributed by atoms with Crippen molar-refractivity contribution in [2.45, 2.75) is 0 Å². The number of aromatic nitrogens is 5. The maximum atomic E-state index is 12.4. The van der Waals surface area contributed by atoms with Crippen LogP contribution in [0.15, 0.2) is 48.7 Å². The third kappa shape index (κ3) is 4.33. The molecule has 1 fully saturated rings. The molecule has 1 aliphatic rings. The number of aromatic amines is 1. The quantitative estimate of drug-likeness (QED) is 0.483. The molecule has 2 aromatic heterocycles. The first kappa shape index (κ1) is 20.8. The van der Waals surface area contributed by atoms with Gasteiger partial charge in [0.15, 0.2) is 5.82 Å². The molecule has 0 aliphatic carbocycles. The number of carbonyl (C=O) groups excluding carboxylic acids is 1. The molecule has 0 radical (unpaired) electrons. The molecule has 4 aromatic rings. The minimum atomic E-state index is -0.0735. The van der Waals surface area contributed by atoms with Gasteiger partial charge in [0.2, 0.25) is 11.9 Å². The van der Waals surface area contributed by atoms with Gasteiger partial charge in [-0.05, 0) is 24.3 Å². The van der Waals surface area contributed by atoms with Gasteiger partial charge in [0.05, 0.1) is 24.9 Å². The van der Waals surface area contributed by atoms with Crippen molar-refractivity contribution >= 4 is 34.4 Å². The summed E-state index contributed by atoms with van der Waals surface area (Å²) in [5.41, 5.74) is 3.06. The number of H-pyrrole nitrogens is 1. The first-order valence-electron chi connectivity index (χ1n) is 10.7. The smallest absolute Gasteiger partial charge is 0.253 e. The lowest BCUT2D eigenvalue weighted by atomic mass is 10.1. The molecule has 0 unspecified atom stereocenters. The molecule has 0 spiro atoms. The fourth-order valence-electron chi connectivity index (χ4n) is 3.73. The molecule has 10 nitrogen and oxygen atoms in total. The van der Waals surface area contributed by atoms with E-state index >= 15 is 0 Å². The number of ether oxygens (including phenoxy) is 1. The van der Waals surface area contributed by atoms with E-state index in [0.29, 0.717) is 55.3 Å². The number of anilines is 3. The van der Waals surface area contributed by atoms with Crippen LogP contribution in [-0.2, 0) is 4.74 Å². The van der Waals surface area contributed by atoms with Gasteiger partial charge in [0, 0.05) is 49.4 Å². The minimum Gasteiger partial charge on any atom is -0.378 e. The largest absolute Gasteiger partial charge is 0.378 e. The van der Waals surface area contributed by atoms with Crippen molar-refractivity contribution in [2.75, 3.05) is 50.6 Å². The Morgan fingerprint density at radius 3 is 2.73 bits per heavy atom. The van der Waals surface area contributed by atoms with Gasteiger partial charge in [-0.25, -0.2) is 0 Å². The zero-order valence-electron chi connectivity index (χ0n) is 18.4. The number of morpholine rings is 1. The van der Waals surface area contributed by atoms with E-state index in [-0.39, 0.29) is 5.91 Å². The van der Waals surface area contributed by atoms with Gasteiger partial charge in [-0.2, -0.15) is 20.1 Å². The third-order valence-electron chi connectivity index (χ3n) is 5.42. The van der Waals surface area contributed by atoms with E-state index in [0.717, 1.165) is 16.5 Å². The van der Waals surface area contributed by atoms with Crippen LogP contribution in [0.4, 0.5) is 17.6 Å². The van der Waals surface area contributed by atoms with Crippen molar-refractivity contribution in [3.63, 3.8) is 0 Å². The van der Waals surface area contributed by atoms with E-state index < -0.39 is 0 Å². The Balaban J connectivity index is 1.56. The lowest BCUT2D eigenvalue weighted by Crippen LogP contribution is -2.37. The fourth-order valence-corrected chi connectivity index (χ4v) is 3.73. The summed E-state index contributed by atoms with van der Waals surface area (Å²) in [5, 5.41) is 11.3. The van der Waals surface area contributed by atoms with Gasteiger partial charge in [-0.15, -0.1) is 0 Å². The summed E-state index contributed by atoms with van der Waals surface area (Å²) in [5.74, 6) is 1.44. The van der Waals surface area contributed by atoms with Gasteiger partial charge in [0.1, 0.15) is 0 Å². The van der Waals surface area contributed by atoms with Gasteiger partial charge in [0.25, 0.3) is 5.91 Å². The molecule has 3 heterocycles. The van der Waals surface area contributed by atoms with E-state index in [1.807, 2.05) is 30.3 Å². The topological polar surface area (TPSA) is 112 Å². The second kappa shape index (κ2) is 8.83. The van der Waals surface area contributed by atoms with Crippen molar-refractivity contribution in [3.05, 3.63) is 54.2 Å². The second-order valence-electron chi connectivity index (χ2n) is 7.92. The number of rotatable bonds is 5. The second-order valence-corrected chi connectivity index (χ2v) is 7.92. The molecule has 2 aromatic carbocycles. The van der Waals surface area contributed by atoms with Crippen LogP contribution in [0.2, 0.25) is 0 Å². The molecule has 1 amide bonds. The molecular formula is C23H24N8O2. The number of fused-ring (bicyclic) bond motifs is 1. The Labute approximate surface area is 190 Å². The maximum absolute atomic E-state index is 12.4. The van der Waals surface area contributed by atoms with Crippen LogP contribution in [0, 0.1) is 0 Å². The SMILES string of the molecule is CN(C)C(=O)c1cccc(Nc2nc(-c3cccc4[nH]ncc34)nc(N3CCOCC3)n2)c1. The fraction of sp³-hybridized carbons (Fsp3) is 0.261. The van der Waals surface area contributed by atoms with Crippen LogP contribution in [0.25, 0.3) is 22.3 Å². The third-order valence-corrected chi connectivity index (χ3v) is 5.42. The highest BCUT2D eigenvalue weighted by Gasteiger charge is 2.19. The number of hydrogen-bond donors (Lipinski definition) is 2. The Kier molecular flexibility index (Phi) is 5.57. The van der Waals surface area contributed by atoms with Crippen molar-refractivity contribution < 1.29 is 9.53 Å². The number of carbonyl (C=O) groups is 1. The molecule has 5 rings (SSSR count). The molecule has 1 saturated heterocycles. The highest BCUT2D eigenvalue weighted by Crippen LogP contribution is 2.28. The van der Waals surface area contributed by atoms with Gasteiger partial charge in [-0.1, -0.05) is 18.2 Å². The van der Waals surface area contributed by atoms with E-state index in [2.05, 4.69) is 25.4 Å². The molecule has 0 bridgehead atoms. The predicted octanol–water partition coefficient (Wildman–Crippen LogP) is 2.70. The van der Waals surface area contributed by atoms with E-state index in [1.165, 1.54) is 0 Å². The normalized spacial score (nSPS) is 13.8. The molecule has 168 valence electrons. The van der Waals surface area contributed by atoms with Crippen LogP contribution in [0.5, 0.6) is 0 Å². The summed E-state index contributed by atoms with van der Waals surface area (Å²) in [6.45, 7) is 2.64. The number of benzene rings is 2. The summed E-state index contributed by atoms with van der Waals surface area (Å²) in [6, 6.07) is 13.1. The van der Waals surface area contributed by atoms with E-state index in [1.54, 1.807) is 37.3 Å². The molecule has 2 N–H and O–H groups in total. The predicted molar refractivity (Wildman–Crippen MR) is 126 cm³/mol. The van der Waals surface area contributed by atoms with Crippen LogP contribution >= 0.6 is 0 Å². The zero-order chi connectivity index (χ0) is 22.8. The van der Waals surface area contributed by atoms with Gasteiger partial charge < -0.3 is 19.9 Å². The number of hydrogen-bond acceptors (Lipinski definition) is 8. The lowest BCUT2D eigenvalue weighted by molar-refractivity contribution is 0.0827. The molecule has 0 saturated carbocycles. The lowest BCUT2D eigenvalue weighted by Gasteiger charge is -2.27. The average molecular weight is 444 g/mol. The standard InChI is InChI=1S/C23H24N8O2/c1-30(2)21(32)15-5-3-6-16(13-15)25-22-26-20(17-7-4-8-19-18(17)14-24-29-19)27-23(28-22)31-9-11-33-12-10-31/h3-8,13-14H,9-12H2,1-2H3,(H,24,29)(H,25,26,27,28). The molecule has 1 aliphatic heterocycles. The highest BCUT2D eigenvalue weighted by molar-refractivity contribution is 5.95. The number of nitrogens with zero attached hydrogens (tertiary/aromatic N) is 6. The first-order chi connectivity index (χ1) is 16.1.